The standard InChI is InChI=1S/C28H25F2N3O5/c1-28(2,15-34)38-18-5-6-19-23(13-18)32-10-8-24(19)37-26-21(29)11-16(12-22(26)30)33-27(35)20-14-31-9-7-25(20)36-17-3-4-17/h5-14,17,34H,3-4,15H2,1-2H3,(H,33,35). The molecule has 5 rings (SSSR count). The third-order valence-electron chi connectivity index (χ3n) is 5.76. The summed E-state index contributed by atoms with van der Waals surface area (Å²) < 4.78 is 47.1. The summed E-state index contributed by atoms with van der Waals surface area (Å²) in [6.45, 7) is 3.28. The molecular weight excluding hydrogens is 496 g/mol. The SMILES string of the molecule is CC(C)(CO)Oc1ccc2c(Oc3c(F)cc(NC(=O)c4cnccc4OC4CC4)cc3F)ccnc2c1. The summed E-state index contributed by atoms with van der Waals surface area (Å²) in [5.41, 5.74) is -0.256. The molecule has 0 radical (unpaired) electrons. The van der Waals surface area contributed by atoms with Crippen molar-refractivity contribution in [3.8, 4) is 23.0 Å². The van der Waals surface area contributed by atoms with Crippen LogP contribution in [-0.2, 0) is 0 Å². The van der Waals surface area contributed by atoms with Crippen molar-refractivity contribution in [1.29, 1.82) is 0 Å². The number of carbonyl (C=O) groups excluding carboxylic acids is 1. The Balaban J connectivity index is 1.36. The second-order valence-electron chi connectivity index (χ2n) is 9.52. The molecule has 1 aliphatic carbocycles. The number of aliphatic hydroxyl groups is 1. The zero-order chi connectivity index (χ0) is 26.9. The molecule has 0 spiro atoms. The van der Waals surface area contributed by atoms with Crippen molar-refractivity contribution in [3.63, 3.8) is 0 Å². The van der Waals surface area contributed by atoms with Crippen LogP contribution in [0.25, 0.3) is 10.9 Å². The molecule has 2 aromatic heterocycles. The van der Waals surface area contributed by atoms with Crippen molar-refractivity contribution in [3.05, 3.63) is 78.3 Å². The monoisotopic (exact) mass is 521 g/mol. The molecule has 10 heteroatoms. The number of amides is 1. The Morgan fingerprint density at radius 1 is 1.08 bits per heavy atom. The topological polar surface area (TPSA) is 103 Å². The fourth-order valence-electron chi connectivity index (χ4n) is 3.66. The first kappa shape index (κ1) is 25.3. The molecule has 0 aliphatic heterocycles. The first-order valence-electron chi connectivity index (χ1n) is 12.0. The molecule has 2 aromatic carbocycles. The van der Waals surface area contributed by atoms with E-state index >= 15 is 0 Å². The Morgan fingerprint density at radius 2 is 1.82 bits per heavy atom. The van der Waals surface area contributed by atoms with Gasteiger partial charge in [0.2, 0.25) is 0 Å². The fourth-order valence-corrected chi connectivity index (χ4v) is 3.66. The summed E-state index contributed by atoms with van der Waals surface area (Å²) >= 11 is 0. The second kappa shape index (κ2) is 10.2. The third-order valence-corrected chi connectivity index (χ3v) is 5.76. The minimum atomic E-state index is -1.00. The average Bonchev–Trinajstić information content (AvgIpc) is 3.70. The van der Waals surface area contributed by atoms with Crippen molar-refractivity contribution < 1.29 is 32.9 Å². The van der Waals surface area contributed by atoms with Gasteiger partial charge in [-0.3, -0.25) is 14.8 Å². The highest BCUT2D eigenvalue weighted by atomic mass is 19.1. The van der Waals surface area contributed by atoms with Crippen LogP contribution in [-0.4, -0.2) is 39.3 Å². The van der Waals surface area contributed by atoms with Gasteiger partial charge in [0.05, 0.1) is 23.8 Å². The average molecular weight is 522 g/mol. The van der Waals surface area contributed by atoms with Gasteiger partial charge in [-0.25, -0.2) is 8.78 Å². The molecule has 4 aromatic rings. The molecule has 0 unspecified atom stereocenters. The van der Waals surface area contributed by atoms with E-state index in [4.69, 9.17) is 14.2 Å². The van der Waals surface area contributed by atoms with Gasteiger partial charge in [0.15, 0.2) is 17.4 Å². The lowest BCUT2D eigenvalue weighted by Gasteiger charge is -2.24. The van der Waals surface area contributed by atoms with Gasteiger partial charge in [0.25, 0.3) is 5.91 Å². The number of aromatic nitrogens is 2. The molecule has 1 saturated carbocycles. The summed E-state index contributed by atoms with van der Waals surface area (Å²) in [6, 6.07) is 9.95. The Bertz CT molecular complexity index is 1480. The number of pyridine rings is 2. The molecule has 0 atom stereocenters. The van der Waals surface area contributed by atoms with Gasteiger partial charge in [0.1, 0.15) is 22.8 Å². The van der Waals surface area contributed by atoms with Crippen LogP contribution in [0.15, 0.2) is 61.1 Å². The number of nitrogens with one attached hydrogen (secondary N) is 1. The van der Waals surface area contributed by atoms with E-state index in [1.807, 2.05) is 0 Å². The van der Waals surface area contributed by atoms with Crippen molar-refractivity contribution in [1.82, 2.24) is 9.97 Å². The summed E-state index contributed by atoms with van der Waals surface area (Å²) in [4.78, 5) is 21.0. The number of aliphatic hydroxyl groups excluding tert-OH is 1. The van der Waals surface area contributed by atoms with Gasteiger partial charge >= 0.3 is 0 Å². The Kier molecular flexibility index (Phi) is 6.81. The van der Waals surface area contributed by atoms with E-state index in [1.165, 1.54) is 24.7 Å². The molecule has 2 heterocycles. The van der Waals surface area contributed by atoms with Gasteiger partial charge in [-0.15, -0.1) is 0 Å². The lowest BCUT2D eigenvalue weighted by Crippen LogP contribution is -2.32. The number of carbonyl (C=O) groups is 1. The maximum Gasteiger partial charge on any atom is 0.261 e. The lowest BCUT2D eigenvalue weighted by atomic mass is 10.1. The van der Waals surface area contributed by atoms with Gasteiger partial charge in [-0.1, -0.05) is 0 Å². The molecule has 1 amide bonds. The molecule has 8 nitrogen and oxygen atoms in total. The summed E-state index contributed by atoms with van der Waals surface area (Å²) in [5, 5.41) is 12.4. The third kappa shape index (κ3) is 5.65. The minimum Gasteiger partial charge on any atom is -0.489 e. The number of fused-ring (bicyclic) bond motifs is 1. The van der Waals surface area contributed by atoms with Crippen LogP contribution >= 0.6 is 0 Å². The van der Waals surface area contributed by atoms with Crippen LogP contribution in [0.2, 0.25) is 0 Å². The summed E-state index contributed by atoms with van der Waals surface area (Å²) in [6.07, 6.45) is 6.17. The molecule has 0 bridgehead atoms. The fraction of sp³-hybridized carbons (Fsp3) is 0.250. The van der Waals surface area contributed by atoms with Crippen LogP contribution in [0.5, 0.6) is 23.0 Å². The highest BCUT2D eigenvalue weighted by Crippen LogP contribution is 2.35. The van der Waals surface area contributed by atoms with E-state index in [0.29, 0.717) is 22.4 Å². The molecule has 1 aliphatic rings. The van der Waals surface area contributed by atoms with Crippen molar-refractivity contribution in [2.45, 2.75) is 38.4 Å². The van der Waals surface area contributed by atoms with Crippen LogP contribution in [0, 0.1) is 11.6 Å². The van der Waals surface area contributed by atoms with Gasteiger partial charge in [-0.05, 0) is 51.0 Å². The molecular formula is C28H25F2N3O5. The van der Waals surface area contributed by atoms with Crippen molar-refractivity contribution in [2.75, 3.05) is 11.9 Å². The van der Waals surface area contributed by atoms with Gasteiger partial charge in [-0.2, -0.15) is 0 Å². The number of ether oxygens (including phenoxy) is 3. The largest absolute Gasteiger partial charge is 0.489 e. The first-order valence-corrected chi connectivity index (χ1v) is 12.0. The van der Waals surface area contributed by atoms with E-state index in [2.05, 4.69) is 15.3 Å². The van der Waals surface area contributed by atoms with Crippen molar-refractivity contribution >= 4 is 22.5 Å². The van der Waals surface area contributed by atoms with Crippen LogP contribution in [0.1, 0.15) is 37.0 Å². The van der Waals surface area contributed by atoms with Crippen LogP contribution in [0.4, 0.5) is 14.5 Å². The number of hydrogen-bond acceptors (Lipinski definition) is 7. The van der Waals surface area contributed by atoms with Crippen LogP contribution in [0.3, 0.4) is 0 Å². The number of nitrogens with zero attached hydrogens (tertiary/aromatic N) is 2. The summed E-state index contributed by atoms with van der Waals surface area (Å²) in [7, 11) is 0. The minimum absolute atomic E-state index is 0.0611. The Morgan fingerprint density at radius 3 is 2.53 bits per heavy atom. The maximum absolute atomic E-state index is 15.0. The van der Waals surface area contributed by atoms with E-state index in [-0.39, 0.29) is 29.7 Å². The highest BCUT2D eigenvalue weighted by molar-refractivity contribution is 6.06. The Labute approximate surface area is 217 Å². The zero-order valence-electron chi connectivity index (χ0n) is 20.7. The zero-order valence-corrected chi connectivity index (χ0v) is 20.7. The van der Waals surface area contributed by atoms with E-state index < -0.39 is 28.9 Å². The van der Waals surface area contributed by atoms with Crippen molar-refractivity contribution in [2.24, 2.45) is 0 Å². The number of benzene rings is 2. The van der Waals surface area contributed by atoms with Gasteiger partial charge < -0.3 is 24.6 Å². The smallest absolute Gasteiger partial charge is 0.261 e. The molecule has 38 heavy (non-hydrogen) atoms. The molecule has 2 N–H and O–H groups in total. The predicted octanol–water partition coefficient (Wildman–Crippen LogP) is 5.64. The van der Waals surface area contributed by atoms with E-state index in [9.17, 15) is 18.7 Å². The number of halogens is 2. The van der Waals surface area contributed by atoms with E-state index in [1.54, 1.807) is 38.1 Å². The first-order chi connectivity index (χ1) is 18.2. The second-order valence-corrected chi connectivity index (χ2v) is 9.52. The maximum atomic E-state index is 15.0. The molecule has 0 saturated heterocycles. The highest BCUT2D eigenvalue weighted by Gasteiger charge is 2.26. The lowest BCUT2D eigenvalue weighted by molar-refractivity contribution is 0.0413. The molecule has 1 fully saturated rings. The predicted molar refractivity (Wildman–Crippen MR) is 136 cm³/mol. The molecule has 196 valence electrons. The van der Waals surface area contributed by atoms with Crippen LogP contribution < -0.4 is 19.5 Å². The normalized spacial score (nSPS) is 13.3. The number of hydrogen-bond donors (Lipinski definition) is 2. The Hall–Kier alpha value is -4.31. The quantitative estimate of drug-likeness (QED) is 0.294. The number of anilines is 1. The summed E-state index contributed by atoms with van der Waals surface area (Å²) in [5.74, 6) is -2.24. The van der Waals surface area contributed by atoms with Gasteiger partial charge in [0, 0.05) is 47.9 Å². The number of rotatable bonds is 9. The van der Waals surface area contributed by atoms with E-state index in [0.717, 1.165) is 25.0 Å².